The Balaban J connectivity index is 1.43. The molecular weight excluding hydrogens is 416 g/mol. The summed E-state index contributed by atoms with van der Waals surface area (Å²) in [5, 5.41) is 18.6. The van der Waals surface area contributed by atoms with Crippen LogP contribution in [0.3, 0.4) is 0 Å². The highest BCUT2D eigenvalue weighted by Crippen LogP contribution is 2.41. The van der Waals surface area contributed by atoms with E-state index in [1.165, 1.54) is 10.9 Å². The van der Waals surface area contributed by atoms with Gasteiger partial charge in [-0.05, 0) is 44.0 Å². The van der Waals surface area contributed by atoms with Crippen LogP contribution in [0.5, 0.6) is 0 Å². The third kappa shape index (κ3) is 3.39. The van der Waals surface area contributed by atoms with Crippen LogP contribution in [0.15, 0.2) is 40.8 Å². The Bertz CT molecular complexity index is 1180. The van der Waals surface area contributed by atoms with Gasteiger partial charge in [-0.1, -0.05) is 12.1 Å². The molecule has 1 amide bonds. The number of amides is 1. The molecule has 5 rings (SSSR count). The summed E-state index contributed by atoms with van der Waals surface area (Å²) in [7, 11) is 0. The fraction of sp³-hybridized carbons (Fsp3) is 0.318. The van der Waals surface area contributed by atoms with Crippen molar-refractivity contribution in [2.75, 3.05) is 11.9 Å². The second kappa shape index (κ2) is 7.51. The maximum Gasteiger partial charge on any atom is 0.280 e. The number of benzene rings is 1. The summed E-state index contributed by atoms with van der Waals surface area (Å²) < 4.78 is 5.93. The van der Waals surface area contributed by atoms with Crippen molar-refractivity contribution in [1.82, 2.24) is 10.2 Å². The Kier molecular flexibility index (Phi) is 4.79. The van der Waals surface area contributed by atoms with Crippen molar-refractivity contribution in [1.29, 1.82) is 0 Å². The van der Waals surface area contributed by atoms with E-state index in [2.05, 4.69) is 29.4 Å². The maximum absolute atomic E-state index is 12.9. The van der Waals surface area contributed by atoms with Crippen molar-refractivity contribution in [3.8, 4) is 11.3 Å². The van der Waals surface area contributed by atoms with E-state index in [1.807, 2.05) is 0 Å². The van der Waals surface area contributed by atoms with Gasteiger partial charge in [0.1, 0.15) is 16.5 Å². The van der Waals surface area contributed by atoms with Gasteiger partial charge in [-0.2, -0.15) is 0 Å². The first-order valence-electron chi connectivity index (χ1n) is 10.2. The minimum atomic E-state index is -0.530. The highest BCUT2D eigenvalue weighted by atomic mass is 32.1. The third-order valence-corrected chi connectivity index (χ3v) is 7.02. The van der Waals surface area contributed by atoms with Gasteiger partial charge in [-0.3, -0.25) is 19.8 Å². The molecule has 2 aliphatic rings. The van der Waals surface area contributed by atoms with E-state index >= 15 is 0 Å². The van der Waals surface area contributed by atoms with Gasteiger partial charge in [-0.15, -0.1) is 11.3 Å². The SMILES string of the molecule is CC(C)N1CCc2c(sc3c2C(=O)N[C@H](c2ccc(-c4ccccc4[N+](=O)[O-])o2)N3)C1. The Morgan fingerprint density at radius 1 is 1.23 bits per heavy atom. The summed E-state index contributed by atoms with van der Waals surface area (Å²) in [6.07, 6.45) is 0.333. The number of nitrogens with zero attached hydrogens (tertiary/aromatic N) is 2. The molecule has 160 valence electrons. The zero-order chi connectivity index (χ0) is 21.7. The summed E-state index contributed by atoms with van der Waals surface area (Å²) in [4.78, 5) is 27.5. The number of furan rings is 1. The zero-order valence-corrected chi connectivity index (χ0v) is 18.0. The van der Waals surface area contributed by atoms with E-state index < -0.39 is 11.1 Å². The topological polar surface area (TPSA) is 101 Å². The van der Waals surface area contributed by atoms with Crippen LogP contribution in [-0.4, -0.2) is 28.3 Å². The molecule has 0 unspecified atom stereocenters. The molecule has 0 radical (unpaired) electrons. The van der Waals surface area contributed by atoms with Crippen LogP contribution in [0, 0.1) is 10.1 Å². The van der Waals surface area contributed by atoms with Crippen molar-refractivity contribution in [2.45, 2.75) is 39.0 Å². The molecule has 0 saturated heterocycles. The summed E-state index contributed by atoms with van der Waals surface area (Å²) in [6.45, 7) is 6.17. The van der Waals surface area contributed by atoms with E-state index in [0.717, 1.165) is 35.6 Å². The quantitative estimate of drug-likeness (QED) is 0.458. The number of hydrogen-bond acceptors (Lipinski definition) is 7. The molecule has 0 aliphatic carbocycles. The normalized spacial score (nSPS) is 18.3. The molecule has 2 aromatic heterocycles. The smallest absolute Gasteiger partial charge is 0.280 e. The molecule has 0 bridgehead atoms. The molecule has 4 heterocycles. The number of thiophene rings is 1. The van der Waals surface area contributed by atoms with Gasteiger partial charge in [0.2, 0.25) is 0 Å². The zero-order valence-electron chi connectivity index (χ0n) is 17.2. The Morgan fingerprint density at radius 2 is 2.03 bits per heavy atom. The maximum atomic E-state index is 12.9. The van der Waals surface area contributed by atoms with Crippen molar-refractivity contribution in [2.24, 2.45) is 0 Å². The molecule has 0 spiro atoms. The monoisotopic (exact) mass is 438 g/mol. The lowest BCUT2D eigenvalue weighted by Gasteiger charge is -2.30. The molecule has 0 saturated carbocycles. The van der Waals surface area contributed by atoms with Crippen molar-refractivity contribution in [3.05, 3.63) is 68.3 Å². The van der Waals surface area contributed by atoms with Crippen LogP contribution in [0.25, 0.3) is 11.3 Å². The summed E-state index contributed by atoms with van der Waals surface area (Å²) >= 11 is 1.63. The van der Waals surface area contributed by atoms with Crippen LogP contribution >= 0.6 is 11.3 Å². The van der Waals surface area contributed by atoms with Gasteiger partial charge in [0.15, 0.2) is 6.17 Å². The predicted octanol–water partition coefficient (Wildman–Crippen LogP) is 4.54. The second-order valence-electron chi connectivity index (χ2n) is 8.05. The highest BCUT2D eigenvalue weighted by Gasteiger charge is 2.34. The van der Waals surface area contributed by atoms with E-state index in [9.17, 15) is 14.9 Å². The minimum absolute atomic E-state index is 0.0213. The van der Waals surface area contributed by atoms with Gasteiger partial charge in [0.05, 0.1) is 16.1 Å². The Labute approximate surface area is 183 Å². The van der Waals surface area contributed by atoms with Crippen LogP contribution in [0.4, 0.5) is 10.7 Å². The Morgan fingerprint density at radius 3 is 2.81 bits per heavy atom. The van der Waals surface area contributed by atoms with Crippen LogP contribution < -0.4 is 10.6 Å². The highest BCUT2D eigenvalue weighted by molar-refractivity contribution is 7.16. The lowest BCUT2D eigenvalue weighted by Crippen LogP contribution is -2.39. The fourth-order valence-electron chi connectivity index (χ4n) is 4.21. The summed E-state index contributed by atoms with van der Waals surface area (Å²) in [5.41, 5.74) is 2.26. The summed E-state index contributed by atoms with van der Waals surface area (Å²) in [5.74, 6) is 0.780. The number of rotatable bonds is 4. The number of fused-ring (bicyclic) bond motifs is 3. The fourth-order valence-corrected chi connectivity index (χ4v) is 5.51. The first kappa shape index (κ1) is 19.8. The number of nitro groups is 1. The molecular formula is C22H22N4O4S. The molecule has 8 nitrogen and oxygen atoms in total. The average molecular weight is 439 g/mol. The number of carbonyl (C=O) groups is 1. The van der Waals surface area contributed by atoms with Crippen molar-refractivity contribution in [3.63, 3.8) is 0 Å². The van der Waals surface area contributed by atoms with Crippen molar-refractivity contribution < 1.29 is 14.1 Å². The first-order valence-corrected chi connectivity index (χ1v) is 11.0. The number of anilines is 1. The molecule has 3 aromatic rings. The molecule has 0 fully saturated rings. The van der Waals surface area contributed by atoms with E-state index in [0.29, 0.717) is 23.1 Å². The first-order chi connectivity index (χ1) is 14.9. The van der Waals surface area contributed by atoms with E-state index in [1.54, 1.807) is 41.7 Å². The molecule has 1 aromatic carbocycles. The van der Waals surface area contributed by atoms with Crippen molar-refractivity contribution >= 4 is 27.9 Å². The van der Waals surface area contributed by atoms with E-state index in [-0.39, 0.29) is 11.6 Å². The number of para-hydroxylation sites is 1. The molecule has 1 atom stereocenters. The molecule has 2 N–H and O–H groups in total. The number of carbonyl (C=O) groups excluding carboxylic acids is 1. The lowest BCUT2D eigenvalue weighted by atomic mass is 10.0. The van der Waals surface area contributed by atoms with Gasteiger partial charge in [-0.25, -0.2) is 0 Å². The largest absolute Gasteiger partial charge is 0.457 e. The standard InChI is InChI=1S/C22H22N4O4S/c1-12(2)25-10-9-14-18(11-25)31-22-19(14)21(27)23-20(24-22)17-8-7-16(30-17)13-5-3-4-6-15(13)26(28)29/h3-8,12,20,24H,9-11H2,1-2H3,(H,23,27)/t20-/m0/s1. The number of nitrogens with one attached hydrogen (secondary N) is 2. The average Bonchev–Trinajstić information content (AvgIpc) is 3.38. The summed E-state index contributed by atoms with van der Waals surface area (Å²) in [6, 6.07) is 10.3. The predicted molar refractivity (Wildman–Crippen MR) is 118 cm³/mol. The molecule has 31 heavy (non-hydrogen) atoms. The molecule has 2 aliphatic heterocycles. The van der Waals surface area contributed by atoms with Crippen LogP contribution in [-0.2, 0) is 13.0 Å². The molecule has 9 heteroatoms. The Hall–Kier alpha value is -3.17. The second-order valence-corrected chi connectivity index (χ2v) is 9.15. The van der Waals surface area contributed by atoms with E-state index in [4.69, 9.17) is 4.42 Å². The van der Waals surface area contributed by atoms with Gasteiger partial charge < -0.3 is 15.1 Å². The van der Waals surface area contributed by atoms with Crippen LogP contribution in [0.1, 0.15) is 46.6 Å². The van der Waals surface area contributed by atoms with Crippen LogP contribution in [0.2, 0.25) is 0 Å². The number of hydrogen-bond donors (Lipinski definition) is 2. The van der Waals surface area contributed by atoms with Gasteiger partial charge >= 0.3 is 0 Å². The third-order valence-electron chi connectivity index (χ3n) is 5.87. The van der Waals surface area contributed by atoms with Gasteiger partial charge in [0, 0.05) is 30.1 Å². The number of nitro benzene ring substituents is 1. The minimum Gasteiger partial charge on any atom is -0.457 e. The van der Waals surface area contributed by atoms with Gasteiger partial charge in [0.25, 0.3) is 11.6 Å². The lowest BCUT2D eigenvalue weighted by molar-refractivity contribution is -0.384.